The van der Waals surface area contributed by atoms with Crippen LogP contribution in [0.2, 0.25) is 0 Å². The third kappa shape index (κ3) is 4.14. The zero-order valence-electron chi connectivity index (χ0n) is 28.7. The number of fused-ring (bicyclic) bond motifs is 9. The number of benzene rings is 8. The first-order valence-electron chi connectivity index (χ1n) is 17.9. The molecule has 3 heterocycles. The molecule has 0 N–H and O–H groups in total. The van der Waals surface area contributed by atoms with E-state index in [0.717, 1.165) is 11.4 Å². The van der Waals surface area contributed by atoms with Crippen LogP contribution in [0.25, 0.3) is 99.0 Å². The Labute approximate surface area is 300 Å². The molecule has 0 atom stereocenters. The van der Waals surface area contributed by atoms with Crippen molar-refractivity contribution in [3.8, 4) is 33.6 Å². The van der Waals surface area contributed by atoms with Gasteiger partial charge in [0.2, 0.25) is 0 Å². The van der Waals surface area contributed by atoms with Gasteiger partial charge < -0.3 is 13.7 Å². The lowest BCUT2D eigenvalue weighted by Crippen LogP contribution is -1.96. The molecule has 11 rings (SSSR count). The molecule has 11 aromatic rings. The summed E-state index contributed by atoms with van der Waals surface area (Å²) in [6.07, 6.45) is 0. The minimum Gasteiger partial charge on any atom is -0.344 e. The molecule has 0 aliphatic carbocycles. The first-order valence-corrected chi connectivity index (χ1v) is 17.9. The normalized spacial score (nSPS) is 11.9. The van der Waals surface area contributed by atoms with Gasteiger partial charge in [0.05, 0.1) is 22.1 Å². The van der Waals surface area contributed by atoms with E-state index in [2.05, 4.69) is 203 Å². The van der Waals surface area contributed by atoms with Gasteiger partial charge in [0.1, 0.15) is 0 Å². The first-order chi connectivity index (χ1) is 25.7. The van der Waals surface area contributed by atoms with E-state index in [1.54, 1.807) is 0 Å². The summed E-state index contributed by atoms with van der Waals surface area (Å²) in [7, 11) is 2.17. The first kappa shape index (κ1) is 28.9. The highest BCUT2D eigenvalue weighted by Crippen LogP contribution is 2.42. The van der Waals surface area contributed by atoms with E-state index in [-0.39, 0.29) is 0 Å². The van der Waals surface area contributed by atoms with Crippen molar-refractivity contribution in [3.63, 3.8) is 0 Å². The lowest BCUT2D eigenvalue weighted by atomic mass is 9.99. The van der Waals surface area contributed by atoms with Gasteiger partial charge in [0.15, 0.2) is 0 Å². The van der Waals surface area contributed by atoms with Crippen LogP contribution in [0.5, 0.6) is 0 Å². The smallest absolute Gasteiger partial charge is 0.0619 e. The third-order valence-corrected chi connectivity index (χ3v) is 11.0. The van der Waals surface area contributed by atoms with Crippen LogP contribution in [0.4, 0.5) is 0 Å². The van der Waals surface area contributed by atoms with Gasteiger partial charge in [-0.05, 0) is 77.4 Å². The summed E-state index contributed by atoms with van der Waals surface area (Å²) in [6.45, 7) is 0. The Kier molecular flexibility index (Phi) is 6.17. The molecule has 0 amide bonds. The van der Waals surface area contributed by atoms with Gasteiger partial charge in [-0.1, -0.05) is 121 Å². The standard InChI is InChI=1S/C49H33N3/c1-50-44-21-10-8-17-38(44)40-26-23-33(30-47(40)50)32-25-28-46-43(29-32)42-20-12-19-37(49(42)52(46)36-15-6-3-7-16-36)34-24-27-41-39-18-9-11-22-45(39)51(48(41)31-34)35-13-4-2-5-14-35/h2-31H,1H3. The highest BCUT2D eigenvalue weighted by atomic mass is 15.0. The minimum atomic E-state index is 1.15. The van der Waals surface area contributed by atoms with Crippen molar-refractivity contribution in [1.29, 1.82) is 0 Å². The van der Waals surface area contributed by atoms with Gasteiger partial charge in [-0.25, -0.2) is 0 Å². The molecule has 0 bridgehead atoms. The quantitative estimate of drug-likeness (QED) is 0.178. The molecule has 0 unspecified atom stereocenters. The fourth-order valence-corrected chi connectivity index (χ4v) is 8.66. The van der Waals surface area contributed by atoms with Crippen LogP contribution in [0.15, 0.2) is 182 Å². The maximum Gasteiger partial charge on any atom is 0.0619 e. The molecule has 0 aliphatic rings. The van der Waals surface area contributed by atoms with Crippen LogP contribution in [0.3, 0.4) is 0 Å². The van der Waals surface area contributed by atoms with Crippen LogP contribution >= 0.6 is 0 Å². The molecule has 3 heteroatoms. The zero-order chi connectivity index (χ0) is 34.3. The van der Waals surface area contributed by atoms with Crippen molar-refractivity contribution in [3.05, 3.63) is 182 Å². The zero-order valence-corrected chi connectivity index (χ0v) is 28.7. The van der Waals surface area contributed by atoms with E-state index >= 15 is 0 Å². The summed E-state index contributed by atoms with van der Waals surface area (Å²) >= 11 is 0. The van der Waals surface area contributed by atoms with Gasteiger partial charge in [-0.2, -0.15) is 0 Å². The van der Waals surface area contributed by atoms with E-state index in [1.165, 1.54) is 87.7 Å². The van der Waals surface area contributed by atoms with Gasteiger partial charge in [0, 0.05) is 67.3 Å². The van der Waals surface area contributed by atoms with Gasteiger partial charge in [0.25, 0.3) is 0 Å². The second kappa shape index (κ2) is 11.1. The maximum atomic E-state index is 2.45. The van der Waals surface area contributed by atoms with Crippen LogP contribution in [-0.4, -0.2) is 13.7 Å². The molecular weight excluding hydrogens is 631 g/mol. The van der Waals surface area contributed by atoms with Crippen molar-refractivity contribution >= 4 is 65.4 Å². The molecule has 3 aromatic heterocycles. The summed E-state index contributed by atoms with van der Waals surface area (Å²) in [6, 6.07) is 66.6. The van der Waals surface area contributed by atoms with E-state index in [0.29, 0.717) is 0 Å². The fraction of sp³-hybridized carbons (Fsp3) is 0.0204. The average molecular weight is 664 g/mol. The summed E-state index contributed by atoms with van der Waals surface area (Å²) < 4.78 is 7.17. The fourth-order valence-electron chi connectivity index (χ4n) is 8.66. The summed E-state index contributed by atoms with van der Waals surface area (Å²) in [5, 5.41) is 7.59. The molecule has 0 radical (unpaired) electrons. The van der Waals surface area contributed by atoms with E-state index in [4.69, 9.17) is 0 Å². The van der Waals surface area contributed by atoms with Crippen LogP contribution < -0.4 is 0 Å². The summed E-state index contributed by atoms with van der Waals surface area (Å²) in [5.74, 6) is 0. The number of aryl methyl sites for hydroxylation is 1. The number of rotatable bonds is 4. The maximum absolute atomic E-state index is 2.45. The second-order valence-corrected chi connectivity index (χ2v) is 13.8. The van der Waals surface area contributed by atoms with Crippen molar-refractivity contribution in [1.82, 2.24) is 13.7 Å². The lowest BCUT2D eigenvalue weighted by Gasteiger charge is -2.13. The lowest BCUT2D eigenvalue weighted by molar-refractivity contribution is 1.01. The molecule has 0 saturated heterocycles. The molecule has 0 aliphatic heterocycles. The molecule has 3 nitrogen and oxygen atoms in total. The SMILES string of the molecule is Cn1c2ccccc2c2ccc(-c3ccc4c(c3)c3cccc(-c5ccc6c7ccccc7n(-c7ccccc7)c6c5)c3n4-c3ccccc3)cc21. The molecule has 0 saturated carbocycles. The van der Waals surface area contributed by atoms with Crippen molar-refractivity contribution in [2.24, 2.45) is 7.05 Å². The predicted octanol–water partition coefficient (Wildman–Crippen LogP) is 12.9. The Morgan fingerprint density at radius 2 is 0.827 bits per heavy atom. The number of hydrogen-bond donors (Lipinski definition) is 0. The Bertz CT molecular complexity index is 3180. The number of nitrogens with zero attached hydrogens (tertiary/aromatic N) is 3. The summed E-state index contributed by atoms with van der Waals surface area (Å²) in [5.41, 5.74) is 14.5. The number of aromatic nitrogens is 3. The van der Waals surface area contributed by atoms with Gasteiger partial charge in [-0.15, -0.1) is 0 Å². The Morgan fingerprint density at radius 1 is 0.308 bits per heavy atom. The average Bonchev–Trinajstić information content (AvgIpc) is 3.83. The number of hydrogen-bond acceptors (Lipinski definition) is 0. The molecule has 52 heavy (non-hydrogen) atoms. The molecule has 0 fully saturated rings. The summed E-state index contributed by atoms with van der Waals surface area (Å²) in [4.78, 5) is 0. The third-order valence-electron chi connectivity index (χ3n) is 11.0. The van der Waals surface area contributed by atoms with Crippen molar-refractivity contribution in [2.75, 3.05) is 0 Å². The molecular formula is C49H33N3. The number of para-hydroxylation sites is 5. The Morgan fingerprint density at radius 3 is 1.60 bits per heavy atom. The molecule has 244 valence electrons. The van der Waals surface area contributed by atoms with Crippen LogP contribution in [0, 0.1) is 0 Å². The molecule has 8 aromatic carbocycles. The van der Waals surface area contributed by atoms with Crippen molar-refractivity contribution < 1.29 is 0 Å². The highest BCUT2D eigenvalue weighted by molar-refractivity contribution is 6.16. The Hall–Kier alpha value is -6.84. The highest BCUT2D eigenvalue weighted by Gasteiger charge is 2.19. The topological polar surface area (TPSA) is 14.8 Å². The van der Waals surface area contributed by atoms with Crippen LogP contribution in [-0.2, 0) is 7.05 Å². The largest absolute Gasteiger partial charge is 0.344 e. The Balaban J connectivity index is 1.16. The predicted molar refractivity (Wildman–Crippen MR) is 220 cm³/mol. The van der Waals surface area contributed by atoms with Gasteiger partial charge in [-0.3, -0.25) is 0 Å². The van der Waals surface area contributed by atoms with E-state index in [1.807, 2.05) is 0 Å². The van der Waals surface area contributed by atoms with Crippen LogP contribution in [0.1, 0.15) is 0 Å². The van der Waals surface area contributed by atoms with E-state index < -0.39 is 0 Å². The minimum absolute atomic E-state index is 1.15. The van der Waals surface area contributed by atoms with Gasteiger partial charge >= 0.3 is 0 Å². The monoisotopic (exact) mass is 663 g/mol. The van der Waals surface area contributed by atoms with Crippen molar-refractivity contribution in [2.45, 2.75) is 0 Å². The van der Waals surface area contributed by atoms with E-state index in [9.17, 15) is 0 Å². The second-order valence-electron chi connectivity index (χ2n) is 13.8. The molecule has 0 spiro atoms.